The first kappa shape index (κ1) is 17.0. The fourth-order valence-corrected chi connectivity index (χ4v) is 3.60. The van der Waals surface area contributed by atoms with Crippen LogP contribution < -0.4 is 0 Å². The van der Waals surface area contributed by atoms with Crippen LogP contribution in [-0.4, -0.2) is 65.5 Å². The van der Waals surface area contributed by atoms with Crippen molar-refractivity contribution >= 4 is 11.8 Å². The highest BCUT2D eigenvalue weighted by Gasteiger charge is 2.30. The van der Waals surface area contributed by atoms with Crippen LogP contribution in [0.4, 0.5) is 0 Å². The highest BCUT2D eigenvalue weighted by molar-refractivity contribution is 5.82. The second kappa shape index (κ2) is 7.38. The fourth-order valence-electron chi connectivity index (χ4n) is 3.60. The summed E-state index contributed by atoms with van der Waals surface area (Å²) in [6, 6.07) is 2.04. The van der Waals surface area contributed by atoms with Gasteiger partial charge in [0.15, 0.2) is 0 Å². The Morgan fingerprint density at radius 3 is 2.58 bits per heavy atom. The van der Waals surface area contributed by atoms with Crippen LogP contribution in [-0.2, 0) is 20.7 Å². The summed E-state index contributed by atoms with van der Waals surface area (Å²) >= 11 is 0. The largest absolute Gasteiger partial charge is 0.368 e. The Bertz CT molecular complexity index is 605. The fraction of sp³-hybridized carbons (Fsp3) is 0.667. The van der Waals surface area contributed by atoms with Crippen LogP contribution >= 0.6 is 0 Å². The lowest BCUT2D eigenvalue weighted by Gasteiger charge is -2.24. The van der Waals surface area contributed by atoms with E-state index >= 15 is 0 Å². The number of rotatable bonds is 3. The molecule has 1 unspecified atom stereocenters. The summed E-state index contributed by atoms with van der Waals surface area (Å²) < 4.78 is 5.50. The van der Waals surface area contributed by atoms with Gasteiger partial charge in [0.05, 0.1) is 6.42 Å². The third kappa shape index (κ3) is 3.80. The summed E-state index contributed by atoms with van der Waals surface area (Å²) in [7, 11) is 0. The Balaban J connectivity index is 1.55. The van der Waals surface area contributed by atoms with Crippen molar-refractivity contribution < 1.29 is 14.3 Å². The molecule has 0 aliphatic carbocycles. The number of aryl methyl sites for hydroxylation is 2. The molecule has 0 bridgehead atoms. The number of carbonyl (C=O) groups is 2. The minimum atomic E-state index is -0.266. The molecule has 3 heterocycles. The van der Waals surface area contributed by atoms with E-state index in [1.54, 1.807) is 0 Å². The summed E-state index contributed by atoms with van der Waals surface area (Å²) in [5.41, 5.74) is 3.21. The molecule has 2 fully saturated rings. The lowest BCUT2D eigenvalue weighted by molar-refractivity contribution is -0.141. The summed E-state index contributed by atoms with van der Waals surface area (Å²) in [5, 5.41) is 0. The predicted octanol–water partition coefficient (Wildman–Crippen LogP) is 1.41. The highest BCUT2D eigenvalue weighted by atomic mass is 16.5. The smallest absolute Gasteiger partial charge is 0.251 e. The molecule has 132 valence electrons. The van der Waals surface area contributed by atoms with Gasteiger partial charge in [0.1, 0.15) is 6.10 Å². The third-order valence-electron chi connectivity index (χ3n) is 4.96. The lowest BCUT2D eigenvalue weighted by atomic mass is 10.1. The zero-order valence-corrected chi connectivity index (χ0v) is 14.6. The Hall–Kier alpha value is -1.82. The van der Waals surface area contributed by atoms with Crippen LogP contribution in [0.2, 0.25) is 0 Å². The number of hydrogen-bond donors (Lipinski definition) is 1. The zero-order valence-electron chi connectivity index (χ0n) is 14.6. The van der Waals surface area contributed by atoms with E-state index in [4.69, 9.17) is 4.74 Å². The molecule has 6 nitrogen and oxygen atoms in total. The van der Waals surface area contributed by atoms with E-state index in [9.17, 15) is 9.59 Å². The predicted molar refractivity (Wildman–Crippen MR) is 90.7 cm³/mol. The van der Waals surface area contributed by atoms with Gasteiger partial charge in [0.2, 0.25) is 5.91 Å². The molecule has 2 aliphatic rings. The monoisotopic (exact) mass is 333 g/mol. The molecular formula is C18H27N3O3. The first-order valence-electron chi connectivity index (χ1n) is 8.88. The molecule has 2 aliphatic heterocycles. The van der Waals surface area contributed by atoms with Crippen molar-refractivity contribution in [2.75, 3.05) is 32.8 Å². The van der Waals surface area contributed by atoms with Gasteiger partial charge in [-0.1, -0.05) is 0 Å². The topological polar surface area (TPSA) is 65.6 Å². The maximum absolute atomic E-state index is 12.6. The van der Waals surface area contributed by atoms with Gasteiger partial charge < -0.3 is 19.5 Å². The van der Waals surface area contributed by atoms with E-state index in [0.717, 1.165) is 42.8 Å². The first-order chi connectivity index (χ1) is 11.5. The molecule has 0 aromatic carbocycles. The van der Waals surface area contributed by atoms with E-state index in [1.165, 1.54) is 0 Å². The van der Waals surface area contributed by atoms with E-state index in [0.29, 0.717) is 32.7 Å². The second-order valence-corrected chi connectivity index (χ2v) is 6.84. The average Bonchev–Trinajstić information content (AvgIpc) is 3.10. The summed E-state index contributed by atoms with van der Waals surface area (Å²) in [5.74, 6) is 0.238. The molecule has 6 heteroatoms. The lowest BCUT2D eigenvalue weighted by Crippen LogP contribution is -2.42. The van der Waals surface area contributed by atoms with Gasteiger partial charge in [-0.2, -0.15) is 0 Å². The molecule has 2 saturated heterocycles. The Morgan fingerprint density at radius 1 is 1.17 bits per heavy atom. The normalized spacial score (nSPS) is 21.8. The standard InChI is InChI=1S/C18H27N3O3/c1-13-11-15(14(2)19-13)12-17(22)20-6-4-7-21(9-8-20)18(23)16-5-3-10-24-16/h11,16,19H,3-10,12H2,1-2H3. The van der Waals surface area contributed by atoms with E-state index in [2.05, 4.69) is 4.98 Å². The van der Waals surface area contributed by atoms with Crippen LogP contribution in [0.15, 0.2) is 6.07 Å². The number of H-pyrrole nitrogens is 1. The number of ether oxygens (including phenoxy) is 1. The van der Waals surface area contributed by atoms with Gasteiger partial charge in [-0.05, 0) is 44.7 Å². The van der Waals surface area contributed by atoms with Crippen molar-refractivity contribution in [1.82, 2.24) is 14.8 Å². The Morgan fingerprint density at radius 2 is 1.92 bits per heavy atom. The summed E-state index contributed by atoms with van der Waals surface area (Å²) in [4.78, 5) is 32.1. The van der Waals surface area contributed by atoms with Gasteiger partial charge in [0.25, 0.3) is 5.91 Å². The van der Waals surface area contributed by atoms with Crippen molar-refractivity contribution in [2.24, 2.45) is 0 Å². The molecule has 1 aromatic rings. The van der Waals surface area contributed by atoms with Crippen molar-refractivity contribution in [2.45, 2.75) is 45.6 Å². The average molecular weight is 333 g/mol. The highest BCUT2D eigenvalue weighted by Crippen LogP contribution is 2.17. The molecule has 1 N–H and O–H groups in total. The Kier molecular flexibility index (Phi) is 5.23. The molecule has 1 atom stereocenters. The Labute approximate surface area is 143 Å². The van der Waals surface area contributed by atoms with Gasteiger partial charge in [-0.15, -0.1) is 0 Å². The summed E-state index contributed by atoms with van der Waals surface area (Å²) in [6.07, 6.45) is 2.78. The third-order valence-corrected chi connectivity index (χ3v) is 4.96. The molecule has 0 radical (unpaired) electrons. The van der Waals surface area contributed by atoms with Crippen molar-refractivity contribution in [3.63, 3.8) is 0 Å². The number of carbonyl (C=O) groups excluding carboxylic acids is 2. The molecular weight excluding hydrogens is 306 g/mol. The quantitative estimate of drug-likeness (QED) is 0.910. The molecule has 0 saturated carbocycles. The second-order valence-electron chi connectivity index (χ2n) is 6.84. The van der Waals surface area contributed by atoms with Crippen molar-refractivity contribution in [3.8, 4) is 0 Å². The number of amides is 2. The number of aromatic nitrogens is 1. The van der Waals surface area contributed by atoms with Crippen LogP contribution in [0, 0.1) is 13.8 Å². The van der Waals surface area contributed by atoms with E-state index in [1.807, 2.05) is 29.7 Å². The number of nitrogens with one attached hydrogen (secondary N) is 1. The SMILES string of the molecule is Cc1cc(CC(=O)N2CCCN(C(=O)C3CCCO3)CC2)c(C)[nH]1. The maximum atomic E-state index is 12.6. The van der Waals surface area contributed by atoms with Crippen molar-refractivity contribution in [1.29, 1.82) is 0 Å². The van der Waals surface area contributed by atoms with Crippen LogP contribution in [0.3, 0.4) is 0 Å². The first-order valence-corrected chi connectivity index (χ1v) is 8.88. The molecule has 3 rings (SSSR count). The molecule has 24 heavy (non-hydrogen) atoms. The van der Waals surface area contributed by atoms with E-state index in [-0.39, 0.29) is 17.9 Å². The van der Waals surface area contributed by atoms with Crippen LogP contribution in [0.25, 0.3) is 0 Å². The van der Waals surface area contributed by atoms with Gasteiger partial charge in [0, 0.05) is 44.2 Å². The van der Waals surface area contributed by atoms with Gasteiger partial charge in [-0.25, -0.2) is 0 Å². The minimum Gasteiger partial charge on any atom is -0.368 e. The maximum Gasteiger partial charge on any atom is 0.251 e. The summed E-state index contributed by atoms with van der Waals surface area (Å²) in [6.45, 7) is 7.34. The van der Waals surface area contributed by atoms with Crippen molar-refractivity contribution in [3.05, 3.63) is 23.0 Å². The van der Waals surface area contributed by atoms with E-state index < -0.39 is 0 Å². The number of nitrogens with zero attached hydrogens (tertiary/aromatic N) is 2. The van der Waals surface area contributed by atoms with Crippen LogP contribution in [0.5, 0.6) is 0 Å². The van der Waals surface area contributed by atoms with Gasteiger partial charge in [-0.3, -0.25) is 9.59 Å². The number of aromatic amines is 1. The van der Waals surface area contributed by atoms with Crippen LogP contribution in [0.1, 0.15) is 36.2 Å². The zero-order chi connectivity index (χ0) is 17.1. The minimum absolute atomic E-state index is 0.0962. The molecule has 2 amide bonds. The van der Waals surface area contributed by atoms with Gasteiger partial charge >= 0.3 is 0 Å². The molecule has 0 spiro atoms. The molecule has 1 aromatic heterocycles. The number of hydrogen-bond acceptors (Lipinski definition) is 3.